The Morgan fingerprint density at radius 2 is 2.04 bits per heavy atom. The largest absolute Gasteiger partial charge is 0.468 e. The Labute approximate surface area is 154 Å². The van der Waals surface area contributed by atoms with Crippen molar-refractivity contribution < 1.29 is 22.8 Å². The maximum Gasteiger partial charge on any atom is 0.422 e. The summed E-state index contributed by atoms with van der Waals surface area (Å²) in [4.78, 5) is 32.5. The van der Waals surface area contributed by atoms with Crippen LogP contribution < -0.4 is 15.6 Å². The number of nitro groups is 1. The Balaban J connectivity index is 1.77. The summed E-state index contributed by atoms with van der Waals surface area (Å²) in [5.74, 6) is -0.193. The van der Waals surface area contributed by atoms with E-state index in [1.165, 1.54) is 30.7 Å². The lowest BCUT2D eigenvalue weighted by Gasteiger charge is -2.10. The van der Waals surface area contributed by atoms with Crippen LogP contribution in [0.3, 0.4) is 0 Å². The van der Waals surface area contributed by atoms with Gasteiger partial charge in [0.15, 0.2) is 6.61 Å². The molecule has 0 aliphatic heterocycles. The number of hydrogen-bond acceptors (Lipinski definition) is 7. The summed E-state index contributed by atoms with van der Waals surface area (Å²) >= 11 is 0. The number of ether oxygens (including phenoxy) is 1. The third-order valence-electron chi connectivity index (χ3n) is 3.62. The smallest absolute Gasteiger partial charge is 0.422 e. The molecule has 2 N–H and O–H groups in total. The fourth-order valence-corrected chi connectivity index (χ4v) is 2.35. The summed E-state index contributed by atoms with van der Waals surface area (Å²) in [5, 5.41) is 14.2. The predicted octanol–water partition coefficient (Wildman–Crippen LogP) is 2.78. The lowest BCUT2D eigenvalue weighted by Crippen LogP contribution is -2.19. The van der Waals surface area contributed by atoms with E-state index < -0.39 is 23.3 Å². The summed E-state index contributed by atoms with van der Waals surface area (Å²) < 4.78 is 40.9. The summed E-state index contributed by atoms with van der Waals surface area (Å²) in [6.07, 6.45) is -1.99. The molecule has 146 valence electrons. The molecule has 2 aromatic heterocycles. The fourth-order valence-electron chi connectivity index (χ4n) is 2.35. The molecule has 2 heterocycles. The van der Waals surface area contributed by atoms with Gasteiger partial charge in [0.25, 0.3) is 11.2 Å². The highest BCUT2D eigenvalue weighted by molar-refractivity contribution is 5.86. The van der Waals surface area contributed by atoms with E-state index in [0.717, 1.165) is 6.07 Å². The van der Waals surface area contributed by atoms with Gasteiger partial charge in [-0.1, -0.05) is 6.07 Å². The molecule has 9 nitrogen and oxygen atoms in total. The van der Waals surface area contributed by atoms with Crippen LogP contribution in [0.1, 0.15) is 5.56 Å². The number of aromatic nitrogens is 3. The summed E-state index contributed by atoms with van der Waals surface area (Å²) in [5.41, 5.74) is 0.133. The van der Waals surface area contributed by atoms with E-state index in [2.05, 4.69) is 25.0 Å². The highest BCUT2D eigenvalue weighted by atomic mass is 19.4. The van der Waals surface area contributed by atoms with Crippen LogP contribution >= 0.6 is 0 Å². The van der Waals surface area contributed by atoms with Crippen molar-refractivity contribution in [2.24, 2.45) is 0 Å². The zero-order valence-electron chi connectivity index (χ0n) is 14.0. The number of benzene rings is 1. The van der Waals surface area contributed by atoms with Gasteiger partial charge >= 0.3 is 6.18 Å². The molecule has 0 aliphatic carbocycles. The van der Waals surface area contributed by atoms with E-state index in [4.69, 9.17) is 0 Å². The maximum atomic E-state index is 12.1. The Morgan fingerprint density at radius 1 is 1.25 bits per heavy atom. The second kappa shape index (κ2) is 7.50. The van der Waals surface area contributed by atoms with Gasteiger partial charge < -0.3 is 15.0 Å². The first-order valence-corrected chi connectivity index (χ1v) is 7.77. The van der Waals surface area contributed by atoms with Crippen molar-refractivity contribution in [1.82, 2.24) is 15.0 Å². The molecular weight excluding hydrogens is 383 g/mol. The molecule has 28 heavy (non-hydrogen) atoms. The van der Waals surface area contributed by atoms with Gasteiger partial charge in [-0.2, -0.15) is 13.2 Å². The van der Waals surface area contributed by atoms with Crippen molar-refractivity contribution in [3.63, 3.8) is 0 Å². The minimum absolute atomic E-state index is 0.0765. The molecule has 3 aromatic rings. The number of nitro benzene ring substituents is 1. The van der Waals surface area contributed by atoms with E-state index in [9.17, 15) is 28.1 Å². The first kappa shape index (κ1) is 19.1. The second-order valence-electron chi connectivity index (χ2n) is 5.64. The third-order valence-corrected chi connectivity index (χ3v) is 3.62. The van der Waals surface area contributed by atoms with Crippen LogP contribution in [0, 0.1) is 10.1 Å². The van der Waals surface area contributed by atoms with E-state index in [-0.39, 0.29) is 34.7 Å². The fraction of sp³-hybridized carbons (Fsp3) is 0.188. The van der Waals surface area contributed by atoms with Crippen LogP contribution in [-0.4, -0.2) is 32.7 Å². The molecule has 0 aliphatic rings. The number of aromatic amines is 1. The molecule has 0 atom stereocenters. The van der Waals surface area contributed by atoms with Crippen LogP contribution in [0.15, 0.2) is 41.6 Å². The molecule has 0 saturated carbocycles. The molecule has 0 bridgehead atoms. The lowest BCUT2D eigenvalue weighted by molar-refractivity contribution is -0.383. The van der Waals surface area contributed by atoms with Gasteiger partial charge in [0.1, 0.15) is 5.69 Å². The normalized spacial score (nSPS) is 11.4. The monoisotopic (exact) mass is 395 g/mol. The van der Waals surface area contributed by atoms with Crippen LogP contribution in [0.4, 0.5) is 24.5 Å². The highest BCUT2D eigenvalue weighted by Crippen LogP contribution is 2.28. The zero-order valence-corrected chi connectivity index (χ0v) is 14.0. The Morgan fingerprint density at radius 3 is 2.68 bits per heavy atom. The Bertz CT molecular complexity index is 1070. The summed E-state index contributed by atoms with van der Waals surface area (Å²) in [7, 11) is 0. The van der Waals surface area contributed by atoms with Crippen LogP contribution in [0.2, 0.25) is 0 Å². The number of rotatable bonds is 6. The number of H-pyrrole nitrogens is 1. The molecule has 0 amide bonds. The number of nitrogens with zero attached hydrogens (tertiary/aromatic N) is 3. The van der Waals surface area contributed by atoms with Crippen LogP contribution in [0.5, 0.6) is 5.88 Å². The molecule has 3 rings (SSSR count). The van der Waals surface area contributed by atoms with Gasteiger partial charge in [0.05, 0.1) is 22.2 Å². The number of anilines is 1. The standard InChI is InChI=1S/C16H12F3N5O4/c17-16(18,19)7-28-14-2-1-9(6-21-14)5-20-12-4-11-10(3-13(12)24(26)27)15(25)23-8-22-11/h1-4,6,8,20H,5,7H2,(H,22,23,25). The average Bonchev–Trinajstić information content (AvgIpc) is 2.64. The van der Waals surface area contributed by atoms with Crippen molar-refractivity contribution in [3.8, 4) is 5.88 Å². The number of hydrogen-bond donors (Lipinski definition) is 2. The van der Waals surface area contributed by atoms with E-state index in [1.807, 2.05) is 0 Å². The zero-order chi connectivity index (χ0) is 20.3. The van der Waals surface area contributed by atoms with Gasteiger partial charge in [-0.3, -0.25) is 14.9 Å². The van der Waals surface area contributed by atoms with E-state index in [0.29, 0.717) is 5.56 Å². The molecule has 12 heteroatoms. The average molecular weight is 395 g/mol. The molecule has 0 fully saturated rings. The second-order valence-corrected chi connectivity index (χ2v) is 5.64. The van der Waals surface area contributed by atoms with Crippen molar-refractivity contribution in [3.05, 3.63) is 62.8 Å². The van der Waals surface area contributed by atoms with Gasteiger partial charge in [-0.15, -0.1) is 0 Å². The first-order chi connectivity index (χ1) is 13.2. The Kier molecular flexibility index (Phi) is 5.11. The molecular formula is C16H12F3N5O4. The molecule has 1 aromatic carbocycles. The first-order valence-electron chi connectivity index (χ1n) is 7.77. The summed E-state index contributed by atoms with van der Waals surface area (Å²) in [6.45, 7) is -1.35. The van der Waals surface area contributed by atoms with Crippen molar-refractivity contribution in [2.45, 2.75) is 12.7 Å². The minimum Gasteiger partial charge on any atom is -0.468 e. The SMILES string of the molecule is O=c1[nH]cnc2cc(NCc3ccc(OCC(F)(F)F)nc3)c([N+](=O)[O-])cc12. The number of alkyl halides is 3. The quantitative estimate of drug-likeness (QED) is 0.486. The number of fused-ring (bicyclic) bond motifs is 1. The number of pyridine rings is 1. The topological polar surface area (TPSA) is 123 Å². The minimum atomic E-state index is -4.47. The van der Waals surface area contributed by atoms with Gasteiger partial charge in [-0.05, 0) is 11.6 Å². The van der Waals surface area contributed by atoms with Gasteiger partial charge in [-0.25, -0.2) is 9.97 Å². The van der Waals surface area contributed by atoms with Crippen molar-refractivity contribution in [1.29, 1.82) is 0 Å². The summed E-state index contributed by atoms with van der Waals surface area (Å²) in [6, 6.07) is 5.23. The molecule has 0 saturated heterocycles. The lowest BCUT2D eigenvalue weighted by atomic mass is 10.2. The van der Waals surface area contributed by atoms with Gasteiger partial charge in [0, 0.05) is 24.9 Å². The Hall–Kier alpha value is -3.70. The van der Waals surface area contributed by atoms with Crippen LogP contribution in [0.25, 0.3) is 10.9 Å². The van der Waals surface area contributed by atoms with Gasteiger partial charge in [0.2, 0.25) is 5.88 Å². The predicted molar refractivity (Wildman–Crippen MR) is 92.1 cm³/mol. The third kappa shape index (κ3) is 4.52. The van der Waals surface area contributed by atoms with E-state index >= 15 is 0 Å². The van der Waals surface area contributed by atoms with Crippen molar-refractivity contribution >= 4 is 22.3 Å². The van der Waals surface area contributed by atoms with E-state index in [1.54, 1.807) is 0 Å². The highest BCUT2D eigenvalue weighted by Gasteiger charge is 2.28. The molecule has 0 radical (unpaired) electrons. The van der Waals surface area contributed by atoms with Crippen LogP contribution in [-0.2, 0) is 6.54 Å². The number of nitrogens with one attached hydrogen (secondary N) is 2. The maximum absolute atomic E-state index is 12.1. The van der Waals surface area contributed by atoms with Crippen molar-refractivity contribution in [2.75, 3.05) is 11.9 Å². The molecule has 0 spiro atoms. The molecule has 0 unspecified atom stereocenters. The number of halogens is 3.